The molecule has 0 aromatic heterocycles. The van der Waals surface area contributed by atoms with Crippen LogP contribution in [0.5, 0.6) is 0 Å². The second-order valence-corrected chi connectivity index (χ2v) is 7.68. The summed E-state index contributed by atoms with van der Waals surface area (Å²) in [7, 11) is 0. The Labute approximate surface area is 160 Å². The van der Waals surface area contributed by atoms with E-state index in [0.717, 1.165) is 19.4 Å². The lowest BCUT2D eigenvalue weighted by atomic mass is 10.0. The number of carboxylic acid groups (broad SMARTS) is 1. The molecule has 1 aliphatic rings. The number of hydrogen-bond acceptors (Lipinski definition) is 5. The molecule has 3 amide bonds. The first kappa shape index (κ1) is 22.9. The first-order chi connectivity index (χ1) is 12.6. The zero-order chi connectivity index (χ0) is 20.6. The van der Waals surface area contributed by atoms with Crippen molar-refractivity contribution in [3.63, 3.8) is 0 Å². The highest BCUT2D eigenvalue weighted by molar-refractivity contribution is 5.92. The molecule has 0 aromatic carbocycles. The maximum atomic E-state index is 12.4. The third-order valence-corrected chi connectivity index (χ3v) is 4.39. The van der Waals surface area contributed by atoms with Crippen LogP contribution in [0.2, 0.25) is 0 Å². The molecule has 0 aromatic rings. The minimum absolute atomic E-state index is 0.103. The predicted molar refractivity (Wildman–Crippen MR) is 99.8 cm³/mol. The van der Waals surface area contributed by atoms with Gasteiger partial charge in [0.2, 0.25) is 17.7 Å². The minimum Gasteiger partial charge on any atom is -0.480 e. The lowest BCUT2D eigenvalue weighted by molar-refractivity contribution is -0.142. The van der Waals surface area contributed by atoms with Gasteiger partial charge in [-0.05, 0) is 37.6 Å². The summed E-state index contributed by atoms with van der Waals surface area (Å²) in [6.07, 6.45) is 1.94. The summed E-state index contributed by atoms with van der Waals surface area (Å²) in [5.74, 6) is -2.45. The highest BCUT2D eigenvalue weighted by Crippen LogP contribution is 2.08. The largest absolute Gasteiger partial charge is 0.480 e. The van der Waals surface area contributed by atoms with Crippen LogP contribution in [0.25, 0.3) is 0 Å². The van der Waals surface area contributed by atoms with E-state index >= 15 is 0 Å². The second kappa shape index (κ2) is 10.9. The van der Waals surface area contributed by atoms with Crippen molar-refractivity contribution < 1.29 is 24.3 Å². The Morgan fingerprint density at radius 2 is 1.78 bits per heavy atom. The average molecular weight is 384 g/mol. The van der Waals surface area contributed by atoms with Crippen molar-refractivity contribution in [2.24, 2.45) is 11.8 Å². The van der Waals surface area contributed by atoms with Gasteiger partial charge in [0.1, 0.15) is 12.1 Å². The molecular weight excluding hydrogens is 352 g/mol. The Bertz CT molecular complexity index is 544. The molecule has 3 unspecified atom stereocenters. The number of hydrogen-bond donors (Lipinski definition) is 5. The van der Waals surface area contributed by atoms with Crippen LogP contribution in [-0.2, 0) is 19.2 Å². The zero-order valence-corrected chi connectivity index (χ0v) is 16.5. The summed E-state index contributed by atoms with van der Waals surface area (Å²) in [5, 5.41) is 19.8. The molecule has 154 valence electrons. The quantitative estimate of drug-likeness (QED) is 0.348. The van der Waals surface area contributed by atoms with Crippen molar-refractivity contribution >= 4 is 23.7 Å². The van der Waals surface area contributed by atoms with Gasteiger partial charge >= 0.3 is 5.97 Å². The summed E-state index contributed by atoms with van der Waals surface area (Å²) in [6.45, 7) is 7.75. The van der Waals surface area contributed by atoms with E-state index in [2.05, 4.69) is 21.3 Å². The van der Waals surface area contributed by atoms with Crippen molar-refractivity contribution in [1.82, 2.24) is 21.3 Å². The van der Waals surface area contributed by atoms with Gasteiger partial charge in [-0.15, -0.1) is 0 Å². The molecule has 3 atom stereocenters. The van der Waals surface area contributed by atoms with Crippen LogP contribution in [-0.4, -0.2) is 60.0 Å². The van der Waals surface area contributed by atoms with Crippen molar-refractivity contribution in [2.75, 3.05) is 13.1 Å². The van der Waals surface area contributed by atoms with Gasteiger partial charge in [0.15, 0.2) is 0 Å². The minimum atomic E-state index is -1.11. The van der Waals surface area contributed by atoms with Gasteiger partial charge < -0.3 is 26.4 Å². The van der Waals surface area contributed by atoms with Gasteiger partial charge in [-0.3, -0.25) is 14.4 Å². The van der Waals surface area contributed by atoms with Crippen LogP contribution in [0.1, 0.15) is 47.0 Å². The number of nitrogens with one attached hydrogen (secondary N) is 4. The molecule has 0 aliphatic carbocycles. The first-order valence-electron chi connectivity index (χ1n) is 9.45. The van der Waals surface area contributed by atoms with Gasteiger partial charge in [-0.25, -0.2) is 4.79 Å². The number of carbonyl (C=O) groups excluding carboxylic acids is 3. The van der Waals surface area contributed by atoms with Gasteiger partial charge in [0.05, 0.1) is 12.6 Å². The lowest BCUT2D eigenvalue weighted by Gasteiger charge is -2.23. The van der Waals surface area contributed by atoms with Crippen LogP contribution >= 0.6 is 0 Å². The summed E-state index contributed by atoms with van der Waals surface area (Å²) in [5.41, 5.74) is 0. The summed E-state index contributed by atoms with van der Waals surface area (Å²) in [4.78, 5) is 47.8. The fraction of sp³-hybridized carbons (Fsp3) is 0.778. The van der Waals surface area contributed by atoms with Gasteiger partial charge in [0.25, 0.3) is 0 Å². The standard InChI is InChI=1S/C18H32N4O5/c1-10(2)8-13(18(26)27)21-14(23)9-20-17(25)15(11(3)4)22-16(24)12-6-5-7-19-12/h10-13,15,19H,5-9H2,1-4H3,(H,20,25)(H,21,23)(H,22,24)(H,26,27). The molecule has 1 aliphatic heterocycles. The zero-order valence-electron chi connectivity index (χ0n) is 16.5. The van der Waals surface area contributed by atoms with E-state index < -0.39 is 29.9 Å². The Hall–Kier alpha value is -2.16. The van der Waals surface area contributed by atoms with Crippen molar-refractivity contribution in [3.05, 3.63) is 0 Å². The van der Waals surface area contributed by atoms with Gasteiger partial charge in [-0.1, -0.05) is 27.7 Å². The van der Waals surface area contributed by atoms with E-state index in [1.54, 1.807) is 13.8 Å². The molecule has 27 heavy (non-hydrogen) atoms. The summed E-state index contributed by atoms with van der Waals surface area (Å²) >= 11 is 0. The van der Waals surface area contributed by atoms with Gasteiger partial charge in [-0.2, -0.15) is 0 Å². The third-order valence-electron chi connectivity index (χ3n) is 4.39. The Morgan fingerprint density at radius 3 is 2.26 bits per heavy atom. The molecule has 0 spiro atoms. The number of rotatable bonds is 10. The number of carbonyl (C=O) groups is 4. The molecule has 5 N–H and O–H groups in total. The van der Waals surface area contributed by atoms with E-state index in [0.29, 0.717) is 6.42 Å². The number of amides is 3. The van der Waals surface area contributed by atoms with Crippen LogP contribution in [0, 0.1) is 11.8 Å². The highest BCUT2D eigenvalue weighted by atomic mass is 16.4. The third kappa shape index (κ3) is 7.94. The monoisotopic (exact) mass is 384 g/mol. The molecule has 9 nitrogen and oxygen atoms in total. The Kier molecular flexibility index (Phi) is 9.20. The topological polar surface area (TPSA) is 137 Å². The molecule has 1 rings (SSSR count). The Morgan fingerprint density at radius 1 is 1.11 bits per heavy atom. The molecule has 9 heteroatoms. The number of aliphatic carboxylic acids is 1. The van der Waals surface area contributed by atoms with Crippen molar-refractivity contribution in [1.29, 1.82) is 0 Å². The molecular formula is C18H32N4O5. The van der Waals surface area contributed by atoms with E-state index in [1.807, 2.05) is 13.8 Å². The second-order valence-electron chi connectivity index (χ2n) is 7.68. The smallest absolute Gasteiger partial charge is 0.326 e. The van der Waals surface area contributed by atoms with Gasteiger partial charge in [0, 0.05) is 0 Å². The van der Waals surface area contributed by atoms with Crippen LogP contribution in [0.4, 0.5) is 0 Å². The lowest BCUT2D eigenvalue weighted by Crippen LogP contribution is -2.55. The first-order valence-corrected chi connectivity index (χ1v) is 9.45. The maximum absolute atomic E-state index is 12.4. The van der Waals surface area contributed by atoms with Crippen molar-refractivity contribution in [3.8, 4) is 0 Å². The van der Waals surface area contributed by atoms with Crippen LogP contribution in [0.15, 0.2) is 0 Å². The Balaban J connectivity index is 2.53. The molecule has 0 radical (unpaired) electrons. The van der Waals surface area contributed by atoms with Crippen molar-refractivity contribution in [2.45, 2.75) is 65.1 Å². The normalized spacial score (nSPS) is 18.8. The van der Waals surface area contributed by atoms with E-state index in [4.69, 9.17) is 5.11 Å². The average Bonchev–Trinajstić information content (AvgIpc) is 3.10. The molecule has 1 fully saturated rings. The molecule has 0 saturated carbocycles. The molecule has 1 heterocycles. The number of carboxylic acids is 1. The maximum Gasteiger partial charge on any atom is 0.326 e. The van der Waals surface area contributed by atoms with E-state index in [1.165, 1.54) is 0 Å². The predicted octanol–water partition coefficient (Wildman–Crippen LogP) is -0.389. The van der Waals surface area contributed by atoms with E-state index in [9.17, 15) is 19.2 Å². The van der Waals surface area contributed by atoms with Crippen LogP contribution in [0.3, 0.4) is 0 Å². The SMILES string of the molecule is CC(C)CC(NC(=O)CNC(=O)C(NC(=O)C1CCCN1)C(C)C)C(=O)O. The summed E-state index contributed by atoms with van der Waals surface area (Å²) < 4.78 is 0. The fourth-order valence-corrected chi connectivity index (χ4v) is 2.91. The summed E-state index contributed by atoms with van der Waals surface area (Å²) in [6, 6.07) is -2.06. The van der Waals surface area contributed by atoms with Crippen LogP contribution < -0.4 is 21.3 Å². The van der Waals surface area contributed by atoms with E-state index in [-0.39, 0.29) is 30.3 Å². The highest BCUT2D eigenvalue weighted by Gasteiger charge is 2.29. The molecule has 1 saturated heterocycles. The fourth-order valence-electron chi connectivity index (χ4n) is 2.91. The molecule has 0 bridgehead atoms.